The molecule has 6 heteroatoms. The maximum absolute atomic E-state index is 11.2. The van der Waals surface area contributed by atoms with Crippen LogP contribution in [0.5, 0.6) is 0 Å². The molecule has 2 rings (SSSR count). The summed E-state index contributed by atoms with van der Waals surface area (Å²) < 4.78 is 10.1. The number of rotatable bonds is 2. The zero-order valence-electron chi connectivity index (χ0n) is 8.36. The lowest BCUT2D eigenvalue weighted by atomic mass is 10.3. The van der Waals surface area contributed by atoms with Crippen molar-refractivity contribution in [3.63, 3.8) is 0 Å². The van der Waals surface area contributed by atoms with Gasteiger partial charge in [-0.15, -0.1) is 11.3 Å². The Morgan fingerprint density at radius 2 is 2.67 bits per heavy atom. The quantitative estimate of drug-likeness (QED) is 0.751. The molecule has 1 saturated heterocycles. The first kappa shape index (κ1) is 10.5. The van der Waals surface area contributed by atoms with Crippen LogP contribution in [-0.4, -0.2) is 37.8 Å². The zero-order valence-corrected chi connectivity index (χ0v) is 9.17. The van der Waals surface area contributed by atoms with Gasteiger partial charge in [-0.25, -0.2) is 9.78 Å². The Morgan fingerprint density at radius 3 is 3.33 bits per heavy atom. The molecule has 1 aliphatic rings. The molecule has 0 spiro atoms. The molecule has 1 aromatic heterocycles. The highest BCUT2D eigenvalue weighted by molar-refractivity contribution is 7.09. The third kappa shape index (κ3) is 2.34. The van der Waals surface area contributed by atoms with Gasteiger partial charge in [0.2, 0.25) is 0 Å². The van der Waals surface area contributed by atoms with Crippen LogP contribution in [0, 0.1) is 0 Å². The van der Waals surface area contributed by atoms with Crippen LogP contribution in [0.15, 0.2) is 5.38 Å². The minimum atomic E-state index is -0.402. The third-order valence-electron chi connectivity index (χ3n) is 2.12. The van der Waals surface area contributed by atoms with E-state index in [1.165, 1.54) is 18.4 Å². The fraction of sp³-hybridized carbons (Fsp3) is 0.556. The summed E-state index contributed by atoms with van der Waals surface area (Å²) in [4.78, 5) is 15.4. The second kappa shape index (κ2) is 4.69. The van der Waals surface area contributed by atoms with Gasteiger partial charge in [-0.2, -0.15) is 0 Å². The number of ether oxygens (including phenoxy) is 2. The van der Waals surface area contributed by atoms with E-state index in [-0.39, 0.29) is 6.10 Å². The van der Waals surface area contributed by atoms with Crippen molar-refractivity contribution >= 4 is 17.3 Å². The second-order valence-corrected chi connectivity index (χ2v) is 4.02. The molecule has 1 aliphatic heterocycles. The molecule has 0 amide bonds. The van der Waals surface area contributed by atoms with E-state index < -0.39 is 5.97 Å². The van der Waals surface area contributed by atoms with Crippen LogP contribution in [0.4, 0.5) is 0 Å². The van der Waals surface area contributed by atoms with Crippen molar-refractivity contribution in [3.8, 4) is 0 Å². The lowest BCUT2D eigenvalue weighted by Gasteiger charge is -2.21. The lowest BCUT2D eigenvalue weighted by Crippen LogP contribution is -2.33. The Balaban J connectivity index is 2.08. The highest BCUT2D eigenvalue weighted by atomic mass is 32.1. The van der Waals surface area contributed by atoms with E-state index in [0.717, 1.165) is 18.1 Å². The first-order chi connectivity index (χ1) is 7.31. The molecular formula is C9H12N2O3S. The molecule has 1 atom stereocenters. The van der Waals surface area contributed by atoms with Gasteiger partial charge >= 0.3 is 5.97 Å². The monoisotopic (exact) mass is 228 g/mol. The normalized spacial score (nSPS) is 21.3. The molecule has 82 valence electrons. The fourth-order valence-electron chi connectivity index (χ4n) is 1.36. The molecule has 15 heavy (non-hydrogen) atoms. The standard InChI is InChI=1S/C9H12N2O3S/c1-13-9(12)6-5-15-8(11-6)7-4-10-2-3-14-7/h5,7,10H,2-4H2,1H3. The smallest absolute Gasteiger partial charge is 0.357 e. The first-order valence-electron chi connectivity index (χ1n) is 4.67. The summed E-state index contributed by atoms with van der Waals surface area (Å²) in [5, 5.41) is 5.73. The summed E-state index contributed by atoms with van der Waals surface area (Å²) in [6.07, 6.45) is -0.0397. The molecular weight excluding hydrogens is 216 g/mol. The maximum atomic E-state index is 11.2. The predicted octanol–water partition coefficient (Wildman–Crippen LogP) is 0.591. The van der Waals surface area contributed by atoms with Crippen molar-refractivity contribution in [2.24, 2.45) is 0 Å². The van der Waals surface area contributed by atoms with Crippen LogP contribution in [0.3, 0.4) is 0 Å². The number of morpholine rings is 1. The highest BCUT2D eigenvalue weighted by Gasteiger charge is 2.20. The Morgan fingerprint density at radius 1 is 1.80 bits per heavy atom. The Bertz CT molecular complexity index is 347. The average molecular weight is 228 g/mol. The summed E-state index contributed by atoms with van der Waals surface area (Å²) in [6.45, 7) is 2.29. The average Bonchev–Trinajstić information content (AvgIpc) is 2.78. The van der Waals surface area contributed by atoms with Gasteiger partial charge in [0, 0.05) is 18.5 Å². The van der Waals surface area contributed by atoms with Crippen LogP contribution in [-0.2, 0) is 9.47 Å². The van der Waals surface area contributed by atoms with Crippen LogP contribution >= 0.6 is 11.3 Å². The first-order valence-corrected chi connectivity index (χ1v) is 5.55. The zero-order chi connectivity index (χ0) is 10.7. The molecule has 5 nitrogen and oxygen atoms in total. The van der Waals surface area contributed by atoms with Crippen molar-refractivity contribution in [2.75, 3.05) is 26.8 Å². The number of carbonyl (C=O) groups excluding carboxylic acids is 1. The third-order valence-corrected chi connectivity index (χ3v) is 3.06. The molecule has 0 aromatic carbocycles. The number of carbonyl (C=O) groups is 1. The number of aromatic nitrogens is 1. The minimum absolute atomic E-state index is 0.0397. The van der Waals surface area contributed by atoms with Gasteiger partial charge in [0.05, 0.1) is 13.7 Å². The highest BCUT2D eigenvalue weighted by Crippen LogP contribution is 2.22. The number of hydrogen-bond acceptors (Lipinski definition) is 6. The molecule has 1 N–H and O–H groups in total. The number of hydrogen-bond donors (Lipinski definition) is 1. The summed E-state index contributed by atoms with van der Waals surface area (Å²) >= 11 is 1.42. The van der Waals surface area contributed by atoms with Gasteiger partial charge in [0.15, 0.2) is 5.69 Å². The van der Waals surface area contributed by atoms with Crippen LogP contribution in [0.2, 0.25) is 0 Å². The van der Waals surface area contributed by atoms with E-state index in [0.29, 0.717) is 12.3 Å². The molecule has 1 fully saturated rings. The van der Waals surface area contributed by atoms with Crippen molar-refractivity contribution in [3.05, 3.63) is 16.1 Å². The largest absolute Gasteiger partial charge is 0.464 e. The summed E-state index contributed by atoms with van der Waals surface area (Å²) in [5.41, 5.74) is 0.353. The number of thiazole rings is 1. The number of nitrogens with zero attached hydrogens (tertiary/aromatic N) is 1. The van der Waals surface area contributed by atoms with Crippen molar-refractivity contribution in [2.45, 2.75) is 6.10 Å². The Labute approximate surface area is 91.4 Å². The van der Waals surface area contributed by atoms with Gasteiger partial charge in [-0.3, -0.25) is 0 Å². The molecule has 1 unspecified atom stereocenters. The number of esters is 1. The van der Waals surface area contributed by atoms with Gasteiger partial charge in [-0.05, 0) is 0 Å². The fourth-order valence-corrected chi connectivity index (χ4v) is 2.19. The van der Waals surface area contributed by atoms with Crippen LogP contribution in [0.25, 0.3) is 0 Å². The molecule has 0 bridgehead atoms. The van der Waals surface area contributed by atoms with Crippen LogP contribution in [0.1, 0.15) is 21.6 Å². The summed E-state index contributed by atoms with van der Waals surface area (Å²) in [5.74, 6) is -0.402. The number of methoxy groups -OCH3 is 1. The molecule has 0 saturated carbocycles. The molecule has 2 heterocycles. The predicted molar refractivity (Wildman–Crippen MR) is 55.0 cm³/mol. The maximum Gasteiger partial charge on any atom is 0.357 e. The Kier molecular flexibility index (Phi) is 3.30. The summed E-state index contributed by atoms with van der Waals surface area (Å²) in [6, 6.07) is 0. The summed E-state index contributed by atoms with van der Waals surface area (Å²) in [7, 11) is 1.35. The van der Waals surface area contributed by atoms with E-state index in [4.69, 9.17) is 4.74 Å². The van der Waals surface area contributed by atoms with Crippen molar-refractivity contribution < 1.29 is 14.3 Å². The van der Waals surface area contributed by atoms with E-state index in [1.54, 1.807) is 5.38 Å². The van der Waals surface area contributed by atoms with E-state index in [1.807, 2.05) is 0 Å². The van der Waals surface area contributed by atoms with Crippen LogP contribution < -0.4 is 5.32 Å². The van der Waals surface area contributed by atoms with Gasteiger partial charge in [0.25, 0.3) is 0 Å². The molecule has 1 aromatic rings. The van der Waals surface area contributed by atoms with E-state index >= 15 is 0 Å². The van der Waals surface area contributed by atoms with Gasteiger partial charge < -0.3 is 14.8 Å². The SMILES string of the molecule is COC(=O)c1csc(C2CNCCO2)n1. The molecule has 0 radical (unpaired) electrons. The van der Waals surface area contributed by atoms with Crippen molar-refractivity contribution in [1.82, 2.24) is 10.3 Å². The minimum Gasteiger partial charge on any atom is -0.464 e. The van der Waals surface area contributed by atoms with Crippen molar-refractivity contribution in [1.29, 1.82) is 0 Å². The Hall–Kier alpha value is -0.980. The van der Waals surface area contributed by atoms with E-state index in [2.05, 4.69) is 15.0 Å². The second-order valence-electron chi connectivity index (χ2n) is 3.13. The topological polar surface area (TPSA) is 60.5 Å². The number of nitrogens with one attached hydrogen (secondary N) is 1. The van der Waals surface area contributed by atoms with Gasteiger partial charge in [-0.1, -0.05) is 0 Å². The molecule has 0 aliphatic carbocycles. The van der Waals surface area contributed by atoms with Gasteiger partial charge in [0.1, 0.15) is 11.1 Å². The lowest BCUT2D eigenvalue weighted by molar-refractivity contribution is 0.0273. The van der Waals surface area contributed by atoms with E-state index in [9.17, 15) is 4.79 Å².